The topological polar surface area (TPSA) is 67.8 Å². The molecule has 21 heavy (non-hydrogen) atoms. The summed E-state index contributed by atoms with van der Waals surface area (Å²) >= 11 is 0. The van der Waals surface area contributed by atoms with E-state index in [0.29, 0.717) is 30.3 Å². The van der Waals surface area contributed by atoms with Gasteiger partial charge in [0.25, 0.3) is 5.91 Å². The summed E-state index contributed by atoms with van der Waals surface area (Å²) in [7, 11) is 0. The third kappa shape index (κ3) is 2.97. The smallest absolute Gasteiger partial charge is 0.251 e. The second-order valence-corrected chi connectivity index (χ2v) is 5.81. The van der Waals surface area contributed by atoms with Gasteiger partial charge in [-0.15, -0.1) is 0 Å². The molecule has 114 valence electrons. The number of nitrogens with one attached hydrogen (secondary N) is 1. The number of hydrogen-bond acceptors (Lipinski definition) is 4. The zero-order chi connectivity index (χ0) is 14.7. The highest BCUT2D eigenvalue weighted by Gasteiger charge is 2.33. The molecule has 1 saturated carbocycles. The minimum atomic E-state index is -0.470. The molecule has 1 fully saturated rings. The molecule has 2 aliphatic rings. The minimum Gasteiger partial charge on any atom is -0.486 e. The van der Waals surface area contributed by atoms with Gasteiger partial charge in [-0.05, 0) is 31.0 Å². The summed E-state index contributed by atoms with van der Waals surface area (Å²) in [5.74, 6) is 1.12. The van der Waals surface area contributed by atoms with Crippen molar-refractivity contribution in [3.8, 4) is 11.5 Å². The highest BCUT2D eigenvalue weighted by molar-refractivity contribution is 5.95. The summed E-state index contributed by atoms with van der Waals surface area (Å²) in [6.45, 7) is 1.02. The van der Waals surface area contributed by atoms with Gasteiger partial charge in [-0.2, -0.15) is 0 Å². The Bertz CT molecular complexity index is 523. The summed E-state index contributed by atoms with van der Waals surface area (Å²) in [5.41, 5.74) is 0.0698. The van der Waals surface area contributed by atoms with Crippen LogP contribution in [0.3, 0.4) is 0 Å². The van der Waals surface area contributed by atoms with Crippen LogP contribution in [0.2, 0.25) is 0 Å². The number of rotatable bonds is 3. The van der Waals surface area contributed by atoms with Crippen molar-refractivity contribution < 1.29 is 19.4 Å². The molecule has 1 aliphatic carbocycles. The molecule has 3 rings (SSSR count). The highest BCUT2D eigenvalue weighted by atomic mass is 16.6. The maximum Gasteiger partial charge on any atom is 0.251 e. The molecule has 0 aromatic heterocycles. The first kappa shape index (κ1) is 14.2. The van der Waals surface area contributed by atoms with Crippen LogP contribution in [0.5, 0.6) is 11.5 Å². The van der Waals surface area contributed by atoms with Gasteiger partial charge < -0.3 is 19.9 Å². The zero-order valence-electron chi connectivity index (χ0n) is 12.1. The fourth-order valence-electron chi connectivity index (χ4n) is 3.05. The number of hydrogen-bond donors (Lipinski definition) is 2. The molecule has 0 atom stereocenters. The van der Waals surface area contributed by atoms with Crippen LogP contribution >= 0.6 is 0 Å². The third-order valence-electron chi connectivity index (χ3n) is 4.30. The molecule has 0 spiro atoms. The van der Waals surface area contributed by atoms with Crippen molar-refractivity contribution in [3.05, 3.63) is 23.8 Å². The molecule has 1 amide bonds. The third-order valence-corrected chi connectivity index (χ3v) is 4.30. The van der Waals surface area contributed by atoms with E-state index >= 15 is 0 Å². The molecule has 1 aromatic rings. The number of carbonyl (C=O) groups excluding carboxylic acids is 1. The number of carbonyl (C=O) groups is 1. The van der Waals surface area contributed by atoms with Gasteiger partial charge in [0, 0.05) is 5.56 Å². The van der Waals surface area contributed by atoms with Gasteiger partial charge in [0.2, 0.25) is 0 Å². The van der Waals surface area contributed by atoms with Crippen LogP contribution in [0, 0.1) is 0 Å². The van der Waals surface area contributed by atoms with Crippen molar-refractivity contribution in [1.82, 2.24) is 5.32 Å². The largest absolute Gasteiger partial charge is 0.486 e. The molecule has 0 bridgehead atoms. The van der Waals surface area contributed by atoms with Crippen LogP contribution in [0.25, 0.3) is 0 Å². The normalized spacial score (nSPS) is 19.9. The van der Waals surface area contributed by atoms with Gasteiger partial charge in [-0.25, -0.2) is 0 Å². The standard InChI is InChI=1S/C16H21NO4/c18-11-16(6-2-1-3-7-16)17-15(19)12-4-5-13-14(10-12)21-9-8-20-13/h4-5,10,18H,1-3,6-9,11H2,(H,17,19). The number of ether oxygens (including phenoxy) is 2. The molecule has 0 radical (unpaired) electrons. The molecular formula is C16H21NO4. The summed E-state index contributed by atoms with van der Waals surface area (Å²) in [4.78, 5) is 12.4. The number of fused-ring (bicyclic) bond motifs is 1. The van der Waals surface area contributed by atoms with Gasteiger partial charge in [0.15, 0.2) is 11.5 Å². The van der Waals surface area contributed by atoms with Crippen LogP contribution < -0.4 is 14.8 Å². The second-order valence-electron chi connectivity index (χ2n) is 5.81. The lowest BCUT2D eigenvalue weighted by Gasteiger charge is -2.36. The molecule has 1 heterocycles. The molecular weight excluding hydrogens is 270 g/mol. The second kappa shape index (κ2) is 5.93. The number of benzene rings is 1. The first-order valence-electron chi connectivity index (χ1n) is 7.55. The predicted octanol–water partition coefficient (Wildman–Crippen LogP) is 1.88. The van der Waals surface area contributed by atoms with Gasteiger partial charge in [0.1, 0.15) is 13.2 Å². The van der Waals surface area contributed by atoms with E-state index in [1.165, 1.54) is 6.42 Å². The average molecular weight is 291 g/mol. The van der Waals surface area contributed by atoms with Crippen LogP contribution in [0.4, 0.5) is 0 Å². The maximum atomic E-state index is 12.4. The van der Waals surface area contributed by atoms with E-state index in [1.54, 1.807) is 18.2 Å². The monoisotopic (exact) mass is 291 g/mol. The first-order valence-corrected chi connectivity index (χ1v) is 7.55. The first-order chi connectivity index (χ1) is 10.2. The quantitative estimate of drug-likeness (QED) is 0.892. The van der Waals surface area contributed by atoms with E-state index in [-0.39, 0.29) is 12.5 Å². The Hall–Kier alpha value is -1.75. The van der Waals surface area contributed by atoms with Crippen LogP contribution in [-0.4, -0.2) is 36.4 Å². The molecule has 5 nitrogen and oxygen atoms in total. The van der Waals surface area contributed by atoms with Crippen LogP contribution in [0.1, 0.15) is 42.5 Å². The van der Waals surface area contributed by atoms with Crippen molar-refractivity contribution in [2.75, 3.05) is 19.8 Å². The Balaban J connectivity index is 1.75. The van der Waals surface area contributed by atoms with Gasteiger partial charge >= 0.3 is 0 Å². The summed E-state index contributed by atoms with van der Waals surface area (Å²) < 4.78 is 11.0. The molecule has 1 aromatic carbocycles. The number of amides is 1. The summed E-state index contributed by atoms with van der Waals surface area (Å²) in [6, 6.07) is 5.20. The van der Waals surface area contributed by atoms with Crippen molar-refractivity contribution in [2.24, 2.45) is 0 Å². The Morgan fingerprint density at radius 3 is 2.57 bits per heavy atom. The van der Waals surface area contributed by atoms with E-state index < -0.39 is 5.54 Å². The number of aliphatic hydroxyl groups excluding tert-OH is 1. The fraction of sp³-hybridized carbons (Fsp3) is 0.562. The van der Waals surface area contributed by atoms with Crippen LogP contribution in [-0.2, 0) is 0 Å². The van der Waals surface area contributed by atoms with Gasteiger partial charge in [-0.3, -0.25) is 4.79 Å². The maximum absolute atomic E-state index is 12.4. The van der Waals surface area contributed by atoms with E-state index in [9.17, 15) is 9.90 Å². The molecule has 2 N–H and O–H groups in total. The van der Waals surface area contributed by atoms with E-state index in [1.807, 2.05) is 0 Å². The lowest BCUT2D eigenvalue weighted by Crippen LogP contribution is -2.52. The van der Waals surface area contributed by atoms with Crippen molar-refractivity contribution >= 4 is 5.91 Å². The molecule has 1 aliphatic heterocycles. The lowest BCUT2D eigenvalue weighted by atomic mass is 9.82. The lowest BCUT2D eigenvalue weighted by molar-refractivity contribution is 0.0757. The Kier molecular flexibility index (Phi) is 4.01. The zero-order valence-corrected chi connectivity index (χ0v) is 12.1. The minimum absolute atomic E-state index is 0.0106. The van der Waals surface area contributed by atoms with E-state index in [4.69, 9.17) is 9.47 Å². The van der Waals surface area contributed by atoms with E-state index in [0.717, 1.165) is 25.7 Å². The molecule has 0 unspecified atom stereocenters. The fourth-order valence-corrected chi connectivity index (χ4v) is 3.05. The molecule has 0 saturated heterocycles. The summed E-state index contributed by atoms with van der Waals surface area (Å²) in [6.07, 6.45) is 4.92. The van der Waals surface area contributed by atoms with E-state index in [2.05, 4.69) is 5.32 Å². The summed E-state index contributed by atoms with van der Waals surface area (Å²) in [5, 5.41) is 12.7. The SMILES string of the molecule is O=C(NC1(CO)CCCCC1)c1ccc2c(c1)OCCO2. The Labute approximate surface area is 124 Å². The predicted molar refractivity (Wildman–Crippen MR) is 77.8 cm³/mol. The number of aliphatic hydroxyl groups is 1. The molecule has 5 heteroatoms. The highest BCUT2D eigenvalue weighted by Crippen LogP contribution is 2.32. The van der Waals surface area contributed by atoms with Crippen molar-refractivity contribution in [2.45, 2.75) is 37.6 Å². The van der Waals surface area contributed by atoms with Crippen molar-refractivity contribution in [3.63, 3.8) is 0 Å². The average Bonchev–Trinajstić information content (AvgIpc) is 2.55. The Morgan fingerprint density at radius 2 is 1.86 bits per heavy atom. The van der Waals surface area contributed by atoms with Crippen LogP contribution in [0.15, 0.2) is 18.2 Å². The Morgan fingerprint density at radius 1 is 1.14 bits per heavy atom. The van der Waals surface area contributed by atoms with Crippen molar-refractivity contribution in [1.29, 1.82) is 0 Å². The van der Waals surface area contributed by atoms with Gasteiger partial charge in [-0.1, -0.05) is 19.3 Å². The van der Waals surface area contributed by atoms with Gasteiger partial charge in [0.05, 0.1) is 12.1 Å².